The summed E-state index contributed by atoms with van der Waals surface area (Å²) in [5, 5.41) is 3.57. The highest BCUT2D eigenvalue weighted by molar-refractivity contribution is 5.71. The molecule has 6 rings (SSSR count). The van der Waals surface area contributed by atoms with Gasteiger partial charge in [0, 0.05) is 11.1 Å². The van der Waals surface area contributed by atoms with Gasteiger partial charge in [0.15, 0.2) is 0 Å². The van der Waals surface area contributed by atoms with Crippen molar-refractivity contribution in [1.29, 1.82) is 0 Å². The first kappa shape index (κ1) is 24.4. The Morgan fingerprint density at radius 2 is 1.29 bits per heavy atom. The minimum atomic E-state index is -4.45. The molecule has 1 aliphatic heterocycles. The molecule has 1 saturated carbocycles. The summed E-state index contributed by atoms with van der Waals surface area (Å²) in [5.41, 5.74) is 2.75. The number of methoxy groups -OCH3 is 2. The van der Waals surface area contributed by atoms with Crippen molar-refractivity contribution in [3.05, 3.63) is 125 Å². The van der Waals surface area contributed by atoms with Crippen LogP contribution in [0.25, 0.3) is 0 Å². The number of ether oxygens (including phenoxy) is 2. The van der Waals surface area contributed by atoms with E-state index in [1.165, 1.54) is 12.1 Å². The Kier molecular flexibility index (Phi) is 5.67. The number of nitrogens with one attached hydrogen (secondary N) is 1. The number of hydrogen-bond acceptors (Lipinski definition) is 3. The summed E-state index contributed by atoms with van der Waals surface area (Å²) in [4.78, 5) is 0. The number of benzene rings is 4. The first-order chi connectivity index (χ1) is 18.3. The van der Waals surface area contributed by atoms with E-state index in [9.17, 15) is 13.2 Å². The third-order valence-corrected chi connectivity index (χ3v) is 8.32. The van der Waals surface area contributed by atoms with Gasteiger partial charge in [-0.2, -0.15) is 13.2 Å². The minimum Gasteiger partial charge on any atom is -0.497 e. The van der Waals surface area contributed by atoms with Gasteiger partial charge < -0.3 is 14.8 Å². The smallest absolute Gasteiger partial charge is 0.416 e. The summed E-state index contributed by atoms with van der Waals surface area (Å²) in [7, 11) is 3.25. The van der Waals surface area contributed by atoms with Crippen molar-refractivity contribution >= 4 is 5.69 Å². The highest BCUT2D eigenvalue weighted by Gasteiger charge is 2.68. The molecule has 1 fully saturated rings. The zero-order valence-corrected chi connectivity index (χ0v) is 21.2. The normalized spacial score (nSPS) is 18.8. The first-order valence-corrected chi connectivity index (χ1v) is 12.7. The number of alkyl halides is 3. The quantitative estimate of drug-likeness (QED) is 0.292. The van der Waals surface area contributed by atoms with Crippen molar-refractivity contribution in [2.45, 2.75) is 30.5 Å². The zero-order chi connectivity index (χ0) is 26.5. The number of hydrogen-bond donors (Lipinski definition) is 1. The summed E-state index contributed by atoms with van der Waals surface area (Å²) in [6.07, 6.45) is -2.62. The van der Waals surface area contributed by atoms with Gasteiger partial charge in [0.1, 0.15) is 11.5 Å². The number of anilines is 1. The average molecular weight is 516 g/mol. The number of rotatable bonds is 5. The summed E-state index contributed by atoms with van der Waals surface area (Å²) in [5.74, 6) is 1.45. The molecule has 4 aromatic carbocycles. The van der Waals surface area contributed by atoms with Crippen LogP contribution < -0.4 is 14.8 Å². The summed E-state index contributed by atoms with van der Waals surface area (Å²) >= 11 is 0. The van der Waals surface area contributed by atoms with Crippen molar-refractivity contribution in [2.75, 3.05) is 19.5 Å². The van der Waals surface area contributed by atoms with Crippen LogP contribution in [0, 0.1) is 5.41 Å². The lowest BCUT2D eigenvalue weighted by molar-refractivity contribution is -0.137. The van der Waals surface area contributed by atoms with E-state index in [-0.39, 0.29) is 11.5 Å². The minimum absolute atomic E-state index is 0.191. The van der Waals surface area contributed by atoms with Crippen LogP contribution in [-0.2, 0) is 11.6 Å². The van der Waals surface area contributed by atoms with Crippen LogP contribution in [-0.4, -0.2) is 14.2 Å². The molecule has 0 saturated heterocycles. The highest BCUT2D eigenvalue weighted by Crippen LogP contribution is 2.73. The molecule has 1 N–H and O–H groups in total. The molecule has 38 heavy (non-hydrogen) atoms. The second-order valence-corrected chi connectivity index (χ2v) is 10.1. The Bertz CT molecular complexity index is 1400. The molecule has 0 radical (unpaired) electrons. The van der Waals surface area contributed by atoms with Crippen LogP contribution in [0.15, 0.2) is 97.1 Å². The molecule has 0 amide bonds. The van der Waals surface area contributed by atoms with E-state index in [4.69, 9.17) is 9.47 Å². The molecule has 6 heteroatoms. The molecule has 0 aromatic heterocycles. The molecular weight excluding hydrogens is 487 g/mol. The second-order valence-electron chi connectivity index (χ2n) is 10.1. The Hall–Kier alpha value is -3.93. The molecule has 1 spiro atoms. The van der Waals surface area contributed by atoms with E-state index in [2.05, 4.69) is 41.7 Å². The molecule has 1 unspecified atom stereocenters. The standard InChI is InChI=1S/C32H28F3NO2/c1-37-25-13-8-22(9-14-25)31(23-10-15-26(38-2)16-11-23)27-17-12-24(32(33,34)35)20-28(27)36-29(30(31)18-19-30)21-6-4-3-5-7-21/h3-17,20,29,36H,18-19H2,1-2H3. The Morgan fingerprint density at radius 1 is 0.737 bits per heavy atom. The molecular formula is C32H28F3NO2. The molecule has 1 atom stereocenters. The van der Waals surface area contributed by atoms with E-state index in [1.54, 1.807) is 20.3 Å². The maximum Gasteiger partial charge on any atom is 0.416 e. The van der Waals surface area contributed by atoms with Gasteiger partial charge in [-0.25, -0.2) is 0 Å². The Morgan fingerprint density at radius 3 is 1.76 bits per heavy atom. The predicted octanol–water partition coefficient (Wildman–Crippen LogP) is 8.00. The van der Waals surface area contributed by atoms with Gasteiger partial charge in [-0.3, -0.25) is 0 Å². The van der Waals surface area contributed by atoms with Gasteiger partial charge >= 0.3 is 6.18 Å². The van der Waals surface area contributed by atoms with Crippen molar-refractivity contribution in [3.8, 4) is 11.5 Å². The Labute approximate surface area is 220 Å². The van der Waals surface area contributed by atoms with E-state index in [0.717, 1.165) is 46.6 Å². The van der Waals surface area contributed by atoms with Crippen LogP contribution >= 0.6 is 0 Å². The van der Waals surface area contributed by atoms with Gasteiger partial charge in [0.05, 0.1) is 31.2 Å². The Balaban J connectivity index is 1.70. The largest absolute Gasteiger partial charge is 0.497 e. The number of halogens is 3. The highest BCUT2D eigenvalue weighted by atomic mass is 19.4. The summed E-state index contributed by atoms with van der Waals surface area (Å²) < 4.78 is 52.6. The van der Waals surface area contributed by atoms with E-state index in [1.807, 2.05) is 42.5 Å². The maximum absolute atomic E-state index is 13.9. The lowest BCUT2D eigenvalue weighted by atomic mass is 9.54. The van der Waals surface area contributed by atoms with Crippen molar-refractivity contribution in [3.63, 3.8) is 0 Å². The molecule has 0 bridgehead atoms. The topological polar surface area (TPSA) is 30.5 Å². The third kappa shape index (κ3) is 3.57. The van der Waals surface area contributed by atoms with E-state index < -0.39 is 17.2 Å². The van der Waals surface area contributed by atoms with Crippen molar-refractivity contribution in [1.82, 2.24) is 0 Å². The summed E-state index contributed by atoms with van der Waals surface area (Å²) in [6.45, 7) is 0. The van der Waals surface area contributed by atoms with Crippen molar-refractivity contribution in [2.24, 2.45) is 5.41 Å². The zero-order valence-electron chi connectivity index (χ0n) is 21.2. The van der Waals surface area contributed by atoms with Gasteiger partial charge in [0.25, 0.3) is 0 Å². The van der Waals surface area contributed by atoms with Gasteiger partial charge in [0.2, 0.25) is 0 Å². The predicted molar refractivity (Wildman–Crippen MR) is 142 cm³/mol. The van der Waals surface area contributed by atoms with E-state index in [0.29, 0.717) is 5.69 Å². The van der Waals surface area contributed by atoms with Gasteiger partial charge in [-0.05, 0) is 71.5 Å². The second kappa shape index (κ2) is 8.83. The molecule has 4 aromatic rings. The lowest BCUT2D eigenvalue weighted by Crippen LogP contribution is -2.48. The monoisotopic (exact) mass is 515 g/mol. The lowest BCUT2D eigenvalue weighted by Gasteiger charge is -2.52. The fourth-order valence-corrected chi connectivity index (χ4v) is 6.53. The van der Waals surface area contributed by atoms with Crippen LogP contribution in [0.2, 0.25) is 0 Å². The molecule has 1 heterocycles. The SMILES string of the molecule is COc1ccc(C2(c3ccc(OC)cc3)c3ccc(C(F)(F)F)cc3NC(c3ccccc3)C23CC3)cc1. The van der Waals surface area contributed by atoms with Gasteiger partial charge in [-0.1, -0.05) is 60.7 Å². The summed E-state index contributed by atoms with van der Waals surface area (Å²) in [6, 6.07) is 29.9. The third-order valence-electron chi connectivity index (χ3n) is 8.32. The number of fused-ring (bicyclic) bond motifs is 1. The maximum atomic E-state index is 13.9. The molecule has 3 nitrogen and oxygen atoms in total. The fourth-order valence-electron chi connectivity index (χ4n) is 6.53. The molecule has 1 aliphatic carbocycles. The van der Waals surface area contributed by atoms with Crippen LogP contribution in [0.5, 0.6) is 11.5 Å². The van der Waals surface area contributed by atoms with E-state index >= 15 is 0 Å². The van der Waals surface area contributed by atoms with Crippen molar-refractivity contribution < 1.29 is 22.6 Å². The van der Waals surface area contributed by atoms with Crippen LogP contribution in [0.4, 0.5) is 18.9 Å². The van der Waals surface area contributed by atoms with Crippen LogP contribution in [0.1, 0.15) is 46.7 Å². The molecule has 2 aliphatic rings. The average Bonchev–Trinajstić information content (AvgIpc) is 3.74. The van der Waals surface area contributed by atoms with Gasteiger partial charge in [-0.15, -0.1) is 0 Å². The first-order valence-electron chi connectivity index (χ1n) is 12.7. The van der Waals surface area contributed by atoms with Crippen LogP contribution in [0.3, 0.4) is 0 Å². The molecule has 194 valence electrons. The fraction of sp³-hybridized carbons (Fsp3) is 0.250.